The molecule has 0 fully saturated rings. The van der Waals surface area contributed by atoms with E-state index in [0.717, 1.165) is 96.4 Å². The number of fused-ring (bicyclic) bond motifs is 2. The fourth-order valence-electron chi connectivity index (χ4n) is 9.71. The van der Waals surface area contributed by atoms with Gasteiger partial charge in [-0.2, -0.15) is 0 Å². The molecule has 0 spiro atoms. The van der Waals surface area contributed by atoms with Gasteiger partial charge in [-0.15, -0.1) is 22.7 Å². The molecule has 4 aromatic rings. The zero-order chi connectivity index (χ0) is 48.3. The van der Waals surface area contributed by atoms with Gasteiger partial charge in [-0.1, -0.05) is 74.9 Å². The molecule has 16 heteroatoms. The topological polar surface area (TPSA) is 77.5 Å². The summed E-state index contributed by atoms with van der Waals surface area (Å²) in [5.74, 6) is -0.149. The maximum atomic E-state index is 15.0. The molecule has 2 aromatic heterocycles. The molecule has 0 N–H and O–H groups in total. The number of carbonyl (C=O) groups excluding carboxylic acids is 2. The Hall–Kier alpha value is -2.34. The van der Waals surface area contributed by atoms with E-state index in [2.05, 4.69) is 140 Å². The van der Waals surface area contributed by atoms with E-state index in [1.165, 1.54) is 9.75 Å². The Morgan fingerprint density at radius 2 is 0.909 bits per heavy atom. The number of thiophene rings is 2. The van der Waals surface area contributed by atoms with Gasteiger partial charge in [-0.3, -0.25) is 9.59 Å². The van der Waals surface area contributed by atoms with Crippen molar-refractivity contribution in [1.29, 1.82) is 0 Å². The van der Waals surface area contributed by atoms with Gasteiger partial charge in [0.15, 0.2) is 33.3 Å². The van der Waals surface area contributed by atoms with Gasteiger partial charge in [-0.05, 0) is 158 Å². The van der Waals surface area contributed by atoms with E-state index >= 15 is 0 Å². The normalized spacial score (nSPS) is 16.2. The summed E-state index contributed by atoms with van der Waals surface area (Å²) in [6.07, 6.45) is 7.98. The lowest BCUT2D eigenvalue weighted by molar-refractivity contribution is -0.114. The number of rotatable bonds is 24. The Morgan fingerprint density at radius 3 is 1.39 bits per heavy atom. The molecule has 2 aliphatic heterocycles. The Labute approximate surface area is 412 Å². The van der Waals surface area contributed by atoms with Crippen molar-refractivity contribution in [3.8, 4) is 20.2 Å². The lowest BCUT2D eigenvalue weighted by atomic mass is 9.95. The number of para-hydroxylation sites is 1. The Morgan fingerprint density at radius 1 is 0.455 bits per heavy atom. The lowest BCUT2D eigenvalue weighted by Gasteiger charge is -2.38. The number of hydrogen-bond acceptors (Lipinski definition) is 8. The monoisotopic (exact) mass is 1030 g/mol. The predicted molar refractivity (Wildman–Crippen MR) is 299 cm³/mol. The first-order valence-electron chi connectivity index (χ1n) is 24.3. The predicted octanol–water partition coefficient (Wildman–Crippen LogP) is 15.4. The largest absolute Gasteiger partial charge is 0.437 e. The van der Waals surface area contributed by atoms with Crippen LogP contribution in [0.2, 0.25) is 104 Å². The molecular weight excluding hydrogens is 957 g/mol. The van der Waals surface area contributed by atoms with Crippen molar-refractivity contribution in [3.63, 3.8) is 0 Å². The van der Waals surface area contributed by atoms with Crippen LogP contribution in [0.5, 0.6) is 0 Å². The zero-order valence-electron chi connectivity index (χ0n) is 42.6. The Bertz CT molecular complexity index is 2310. The highest BCUT2D eigenvalue weighted by Crippen LogP contribution is 2.48. The molecule has 0 atom stereocenters. The summed E-state index contributed by atoms with van der Waals surface area (Å²) < 4.78 is 27.1. The summed E-state index contributed by atoms with van der Waals surface area (Å²) in [5.41, 5.74) is 5.64. The van der Waals surface area contributed by atoms with E-state index in [0.29, 0.717) is 24.2 Å². The molecule has 2 aliphatic rings. The minimum absolute atomic E-state index is 0.0735. The van der Waals surface area contributed by atoms with Gasteiger partial charge < -0.3 is 26.3 Å². The number of hydrogen-bond donors (Lipinski definition) is 0. The zero-order valence-corrected chi connectivity index (χ0v) is 50.2. The van der Waals surface area contributed by atoms with Crippen molar-refractivity contribution in [1.82, 2.24) is 0 Å². The molecule has 0 saturated heterocycles. The van der Waals surface area contributed by atoms with E-state index < -0.39 is 50.4 Å². The average molecular weight is 1040 g/mol. The van der Waals surface area contributed by atoms with E-state index in [-0.39, 0.29) is 11.8 Å². The molecule has 0 unspecified atom stereocenters. The second-order valence-electron chi connectivity index (χ2n) is 22.5. The summed E-state index contributed by atoms with van der Waals surface area (Å²) in [7, 11) is -11.6. The molecule has 2 aromatic carbocycles. The van der Waals surface area contributed by atoms with Crippen LogP contribution in [0.4, 0.5) is 11.4 Å². The SMILES string of the molecule is C[Si](C)(C)O[Si](C)(CCCCCCN1C(=O)/C(=C2\C(=O)N(CCCCCC[Si](C)(O[Si](C)(C)C)O[Si](C)(C)C)c3cc(-c4ccc(-c5cccs5)s4)ccc32)c2ccccc21)O[Si](C)(C)C. The van der Waals surface area contributed by atoms with E-state index in [4.69, 9.17) is 16.5 Å². The quantitative estimate of drug-likeness (QED) is 0.0395. The van der Waals surface area contributed by atoms with Crippen LogP contribution in [0.3, 0.4) is 0 Å². The van der Waals surface area contributed by atoms with Gasteiger partial charge >= 0.3 is 17.1 Å². The van der Waals surface area contributed by atoms with Crippen LogP contribution in [0.15, 0.2) is 72.1 Å². The van der Waals surface area contributed by atoms with Gasteiger partial charge in [0.25, 0.3) is 11.8 Å². The number of amides is 2. The maximum absolute atomic E-state index is 15.0. The maximum Gasteiger partial charge on any atom is 0.314 e. The van der Waals surface area contributed by atoms with E-state index in [9.17, 15) is 9.59 Å². The highest BCUT2D eigenvalue weighted by molar-refractivity contribution is 7.23. The number of carbonyl (C=O) groups is 2. The number of anilines is 2. The highest BCUT2D eigenvalue weighted by atomic mass is 32.1. The van der Waals surface area contributed by atoms with Crippen LogP contribution in [0, 0.1) is 0 Å². The average Bonchev–Trinajstić information content (AvgIpc) is 3.98. The Balaban J connectivity index is 1.20. The minimum atomic E-state index is -2.31. The summed E-state index contributed by atoms with van der Waals surface area (Å²) in [4.78, 5) is 37.3. The van der Waals surface area contributed by atoms with Crippen molar-refractivity contribution in [2.75, 3.05) is 22.9 Å². The third-order valence-corrected chi connectivity index (χ3v) is 32.9. The second-order valence-corrected chi connectivity index (χ2v) is 50.2. The first kappa shape index (κ1) is 53.0. The smallest absolute Gasteiger partial charge is 0.314 e. The number of benzene rings is 2. The standard InChI is InChI=1S/C50H78N2O6S2Si6/c1-61(2,3)55-65(13,56-62(4,5)6)36-23-17-15-21-33-51-42-27-20-19-26-40(42)47(49(51)53)48-41-30-29-39(44-31-32-46(60-44)45-28-25-35-59-45)38-43(41)52(50(48)54)34-22-16-18-24-37-66(14,57-63(7,8)9)58-64(10,11)12/h19-20,25-32,35,38H,15-18,21-24,33-34,36-37H2,1-14H3/b48-47-. The van der Waals surface area contributed by atoms with Crippen molar-refractivity contribution in [2.24, 2.45) is 0 Å². The minimum Gasteiger partial charge on any atom is -0.437 e. The van der Waals surface area contributed by atoms with Crippen molar-refractivity contribution >= 4 is 107 Å². The molecule has 8 nitrogen and oxygen atoms in total. The lowest BCUT2D eigenvalue weighted by Crippen LogP contribution is -2.52. The van der Waals surface area contributed by atoms with E-state index in [1.807, 2.05) is 34.1 Å². The third-order valence-electron chi connectivity index (χ3n) is 11.5. The van der Waals surface area contributed by atoms with Crippen LogP contribution in [0.25, 0.3) is 31.3 Å². The molecule has 0 bridgehead atoms. The fourth-order valence-corrected chi connectivity index (χ4v) is 36.8. The summed E-state index contributed by atoms with van der Waals surface area (Å²) in [6.45, 7) is 32.9. The van der Waals surface area contributed by atoms with Gasteiger partial charge in [-0.25, -0.2) is 0 Å². The van der Waals surface area contributed by atoms with Crippen LogP contribution < -0.4 is 9.80 Å². The third kappa shape index (κ3) is 14.4. The van der Waals surface area contributed by atoms with E-state index in [1.54, 1.807) is 22.7 Å². The highest BCUT2D eigenvalue weighted by Gasteiger charge is 2.43. The molecule has 0 saturated carbocycles. The summed E-state index contributed by atoms with van der Waals surface area (Å²) >= 11 is 3.52. The van der Waals surface area contributed by atoms with Crippen LogP contribution in [0.1, 0.15) is 62.5 Å². The van der Waals surface area contributed by atoms with Gasteiger partial charge in [0.05, 0.1) is 22.5 Å². The number of unbranched alkanes of at least 4 members (excludes halogenated alkanes) is 6. The van der Waals surface area contributed by atoms with Crippen molar-refractivity contribution in [3.05, 3.63) is 83.2 Å². The molecule has 66 heavy (non-hydrogen) atoms. The first-order chi connectivity index (χ1) is 30.7. The molecule has 360 valence electrons. The summed E-state index contributed by atoms with van der Waals surface area (Å²) in [5, 5.41) is 2.11. The van der Waals surface area contributed by atoms with Crippen molar-refractivity contribution < 1.29 is 26.0 Å². The van der Waals surface area contributed by atoms with Gasteiger partial charge in [0, 0.05) is 38.8 Å². The molecule has 0 radical (unpaired) electrons. The second kappa shape index (κ2) is 21.3. The van der Waals surface area contributed by atoms with Gasteiger partial charge in [0.2, 0.25) is 0 Å². The Kier molecular flexibility index (Phi) is 17.1. The van der Waals surface area contributed by atoms with Crippen LogP contribution in [-0.2, 0) is 26.0 Å². The summed E-state index contributed by atoms with van der Waals surface area (Å²) in [6, 6.07) is 25.1. The van der Waals surface area contributed by atoms with Crippen LogP contribution in [-0.4, -0.2) is 75.3 Å². The molecular formula is C50H78N2O6S2Si6. The molecule has 4 heterocycles. The molecule has 0 aliphatic carbocycles. The fraction of sp³-hybridized carbons (Fsp3) is 0.520. The van der Waals surface area contributed by atoms with Gasteiger partial charge in [0.1, 0.15) is 0 Å². The molecule has 6 rings (SSSR count). The van der Waals surface area contributed by atoms with Crippen LogP contribution >= 0.6 is 22.7 Å². The first-order valence-corrected chi connectivity index (χ1v) is 44.7. The van der Waals surface area contributed by atoms with Crippen molar-refractivity contribution in [2.45, 2.75) is 155 Å². The molecule has 2 amide bonds. The number of nitrogens with zero attached hydrogens (tertiary/aromatic N) is 2.